The van der Waals surface area contributed by atoms with Crippen LogP contribution in [0.25, 0.3) is 0 Å². The minimum Gasteiger partial charge on any atom is -0.459 e. The average Bonchev–Trinajstić information content (AvgIpc) is 3.13. The number of hydrogen-bond donors (Lipinski definition) is 1. The number of ether oxygens (including phenoxy) is 5. The molecular formula is C39H48O9. The summed E-state index contributed by atoms with van der Waals surface area (Å²) in [6.45, 7) is 2.16. The minimum atomic E-state index is -1.56. The molecule has 1 fully saturated rings. The molecule has 0 aliphatic carbocycles. The van der Waals surface area contributed by atoms with Crippen molar-refractivity contribution in [2.45, 2.75) is 102 Å². The molecule has 0 spiro atoms. The maximum atomic E-state index is 13.1. The van der Waals surface area contributed by atoms with E-state index in [9.17, 15) is 19.5 Å². The molecule has 48 heavy (non-hydrogen) atoms. The summed E-state index contributed by atoms with van der Waals surface area (Å²) in [7, 11) is 0. The predicted octanol–water partition coefficient (Wildman–Crippen LogP) is 7.32. The van der Waals surface area contributed by atoms with Gasteiger partial charge in [-0.3, -0.25) is 0 Å². The van der Waals surface area contributed by atoms with E-state index in [1.807, 2.05) is 0 Å². The van der Waals surface area contributed by atoms with E-state index in [2.05, 4.69) is 6.92 Å². The van der Waals surface area contributed by atoms with E-state index in [-0.39, 0.29) is 24.3 Å². The number of hydrogen-bond acceptors (Lipinski definition) is 9. The molecule has 4 rings (SSSR count). The van der Waals surface area contributed by atoms with Crippen molar-refractivity contribution in [2.24, 2.45) is 0 Å². The Hall–Kier alpha value is -4.05. The van der Waals surface area contributed by atoms with E-state index in [0.29, 0.717) is 5.56 Å². The summed E-state index contributed by atoms with van der Waals surface area (Å²) >= 11 is 0. The highest BCUT2D eigenvalue weighted by Gasteiger charge is 2.50. The van der Waals surface area contributed by atoms with Crippen LogP contribution in [0.1, 0.15) is 102 Å². The maximum absolute atomic E-state index is 13.1. The van der Waals surface area contributed by atoms with Crippen molar-refractivity contribution in [1.29, 1.82) is 0 Å². The Bertz CT molecular complexity index is 1360. The molecule has 3 aromatic rings. The van der Waals surface area contributed by atoms with Crippen molar-refractivity contribution in [3.8, 4) is 0 Å². The minimum absolute atomic E-state index is 0.252. The Labute approximate surface area is 283 Å². The molecule has 0 radical (unpaired) electrons. The van der Waals surface area contributed by atoms with Gasteiger partial charge in [-0.25, -0.2) is 14.4 Å². The molecule has 0 aromatic heterocycles. The van der Waals surface area contributed by atoms with Gasteiger partial charge >= 0.3 is 17.9 Å². The monoisotopic (exact) mass is 660 g/mol. The Morgan fingerprint density at radius 3 is 1.54 bits per heavy atom. The Kier molecular flexibility index (Phi) is 15.6. The normalized spacial score (nSPS) is 20.5. The molecule has 1 N–H and O–H groups in total. The second-order valence-electron chi connectivity index (χ2n) is 12.0. The fraction of sp³-hybridized carbons (Fsp3) is 0.462. The molecule has 5 atom stereocenters. The Balaban J connectivity index is 1.45. The van der Waals surface area contributed by atoms with E-state index in [1.54, 1.807) is 91.0 Å². The van der Waals surface area contributed by atoms with Gasteiger partial charge in [-0.2, -0.15) is 0 Å². The van der Waals surface area contributed by atoms with Gasteiger partial charge in [-0.15, -0.1) is 0 Å². The van der Waals surface area contributed by atoms with Crippen molar-refractivity contribution in [2.75, 3.05) is 13.2 Å². The number of carbonyl (C=O) groups excluding carboxylic acids is 3. The summed E-state index contributed by atoms with van der Waals surface area (Å²) in [5.74, 6) is -2.03. The largest absolute Gasteiger partial charge is 0.459 e. The fourth-order valence-corrected chi connectivity index (χ4v) is 5.57. The second kappa shape index (κ2) is 20.3. The van der Waals surface area contributed by atoms with Crippen LogP contribution in [0.4, 0.5) is 0 Å². The summed E-state index contributed by atoms with van der Waals surface area (Å²) in [5.41, 5.74) is 0.854. The summed E-state index contributed by atoms with van der Waals surface area (Å²) in [6.07, 6.45) is 4.94. The summed E-state index contributed by atoms with van der Waals surface area (Å²) in [5, 5.41) is 11.7. The van der Waals surface area contributed by atoms with Crippen molar-refractivity contribution in [3.05, 3.63) is 108 Å². The van der Waals surface area contributed by atoms with Gasteiger partial charge in [-0.05, 0) is 42.8 Å². The molecule has 1 saturated heterocycles. The molecule has 3 aromatic carbocycles. The third kappa shape index (κ3) is 11.6. The third-order valence-electron chi connectivity index (χ3n) is 8.29. The second-order valence-corrected chi connectivity index (χ2v) is 12.0. The van der Waals surface area contributed by atoms with E-state index < -0.39 is 48.6 Å². The fourth-order valence-electron chi connectivity index (χ4n) is 5.57. The van der Waals surface area contributed by atoms with Crippen LogP contribution in [0.2, 0.25) is 0 Å². The van der Waals surface area contributed by atoms with Gasteiger partial charge in [0.15, 0.2) is 18.5 Å². The number of unbranched alkanes of at least 4 members (excludes halogenated alkanes) is 9. The first kappa shape index (κ1) is 36.8. The Morgan fingerprint density at radius 1 is 0.604 bits per heavy atom. The van der Waals surface area contributed by atoms with E-state index >= 15 is 0 Å². The zero-order chi connectivity index (χ0) is 34.0. The molecule has 1 heterocycles. The van der Waals surface area contributed by atoms with Gasteiger partial charge in [0.25, 0.3) is 0 Å². The van der Waals surface area contributed by atoms with Crippen molar-refractivity contribution in [1.82, 2.24) is 0 Å². The quantitative estimate of drug-likeness (QED) is 0.0802. The SMILES string of the molecule is CCCCCCCCCCCCO[C@@H]1O[C@H](COC(=O)c2ccccc2)[C@@H](OC(=O)c2ccccc2)[C@H](O)[C@H]1OC(=O)c1ccccc1. The van der Waals surface area contributed by atoms with E-state index in [1.165, 1.54) is 38.5 Å². The van der Waals surface area contributed by atoms with Crippen LogP contribution in [0.3, 0.4) is 0 Å². The van der Waals surface area contributed by atoms with E-state index in [0.717, 1.165) is 25.7 Å². The molecule has 0 saturated carbocycles. The summed E-state index contributed by atoms with van der Waals surface area (Å²) < 4.78 is 29.4. The summed E-state index contributed by atoms with van der Waals surface area (Å²) in [6, 6.07) is 25.1. The maximum Gasteiger partial charge on any atom is 0.338 e. The van der Waals surface area contributed by atoms with Gasteiger partial charge in [0.05, 0.1) is 16.7 Å². The topological polar surface area (TPSA) is 118 Å². The third-order valence-corrected chi connectivity index (χ3v) is 8.29. The van der Waals surface area contributed by atoms with Gasteiger partial charge in [0.2, 0.25) is 0 Å². The molecule has 0 amide bonds. The van der Waals surface area contributed by atoms with Gasteiger partial charge < -0.3 is 28.8 Å². The molecule has 0 unspecified atom stereocenters. The first-order valence-electron chi connectivity index (χ1n) is 17.2. The highest BCUT2D eigenvalue weighted by atomic mass is 16.7. The van der Waals surface area contributed by atoms with Gasteiger partial charge in [-0.1, -0.05) is 119 Å². The van der Waals surface area contributed by atoms with Crippen LogP contribution < -0.4 is 0 Å². The highest BCUT2D eigenvalue weighted by molar-refractivity contribution is 5.90. The molecule has 9 nitrogen and oxygen atoms in total. The molecule has 9 heteroatoms. The first-order chi connectivity index (χ1) is 23.5. The van der Waals surface area contributed by atoms with Crippen molar-refractivity contribution >= 4 is 17.9 Å². The van der Waals surface area contributed by atoms with Crippen molar-refractivity contribution in [3.63, 3.8) is 0 Å². The van der Waals surface area contributed by atoms with Crippen molar-refractivity contribution < 1.29 is 43.2 Å². The Morgan fingerprint density at radius 2 is 1.04 bits per heavy atom. The van der Waals surface area contributed by atoms with Crippen LogP contribution >= 0.6 is 0 Å². The zero-order valence-corrected chi connectivity index (χ0v) is 27.7. The number of aliphatic hydroxyl groups excluding tert-OH is 1. The number of esters is 3. The number of benzene rings is 3. The lowest BCUT2D eigenvalue weighted by Gasteiger charge is -2.43. The highest BCUT2D eigenvalue weighted by Crippen LogP contribution is 2.29. The van der Waals surface area contributed by atoms with E-state index in [4.69, 9.17) is 23.7 Å². The van der Waals surface area contributed by atoms with Gasteiger partial charge in [0, 0.05) is 6.61 Å². The first-order valence-corrected chi connectivity index (χ1v) is 17.2. The average molecular weight is 661 g/mol. The number of aliphatic hydroxyl groups is 1. The number of rotatable bonds is 19. The lowest BCUT2D eigenvalue weighted by atomic mass is 9.98. The predicted molar refractivity (Wildman–Crippen MR) is 180 cm³/mol. The molecule has 0 bridgehead atoms. The zero-order valence-electron chi connectivity index (χ0n) is 27.7. The van der Waals surface area contributed by atoms with Crippen LogP contribution in [0, 0.1) is 0 Å². The lowest BCUT2D eigenvalue weighted by Crippen LogP contribution is -2.62. The molecule has 258 valence electrons. The standard InChI is InChI=1S/C39H48O9/c1-2-3-4-5-6-7-8-9-10-20-27-44-39-35(48-38(43)31-25-18-13-19-26-31)33(40)34(47-37(42)30-23-16-12-17-24-30)32(46-39)28-45-36(41)29-21-14-11-15-22-29/h11-19,21-26,32-35,39-40H,2-10,20,27-28H2,1H3/t32-,33+,34-,35-,39-/m1/s1. The smallest absolute Gasteiger partial charge is 0.338 e. The molecule has 1 aliphatic heterocycles. The summed E-state index contributed by atoms with van der Waals surface area (Å²) in [4.78, 5) is 39.1. The van der Waals surface area contributed by atoms with Crippen LogP contribution in [-0.4, -0.2) is 66.9 Å². The number of carbonyl (C=O) groups is 3. The van der Waals surface area contributed by atoms with Crippen LogP contribution in [0.15, 0.2) is 91.0 Å². The van der Waals surface area contributed by atoms with Crippen LogP contribution in [0.5, 0.6) is 0 Å². The molecule has 1 aliphatic rings. The van der Waals surface area contributed by atoms with Gasteiger partial charge in [0.1, 0.15) is 18.8 Å². The molecular weight excluding hydrogens is 612 g/mol. The lowest BCUT2D eigenvalue weighted by molar-refractivity contribution is -0.299. The van der Waals surface area contributed by atoms with Crippen LogP contribution in [-0.2, 0) is 23.7 Å².